The van der Waals surface area contributed by atoms with Crippen molar-refractivity contribution in [1.82, 2.24) is 4.98 Å². The molecule has 2 N–H and O–H groups in total. The summed E-state index contributed by atoms with van der Waals surface area (Å²) in [7, 11) is 0. The van der Waals surface area contributed by atoms with E-state index >= 15 is 0 Å². The topological polar surface area (TPSA) is 82.5 Å². The molecule has 0 bridgehead atoms. The molecule has 2 heterocycles. The van der Waals surface area contributed by atoms with Crippen LogP contribution in [0.1, 0.15) is 40.0 Å². The SMILES string of the molecule is O=Cc1cc(C(=O)Nc2ccc(N3CCCCC3)nc2)cc(F)c1O. The van der Waals surface area contributed by atoms with Crippen molar-refractivity contribution in [3.05, 3.63) is 47.4 Å². The summed E-state index contributed by atoms with van der Waals surface area (Å²) in [4.78, 5) is 29.6. The summed E-state index contributed by atoms with van der Waals surface area (Å²) in [5, 5.41) is 12.0. The number of benzene rings is 1. The molecule has 1 aliphatic heterocycles. The Bertz CT molecular complexity index is 787. The molecule has 1 amide bonds. The van der Waals surface area contributed by atoms with E-state index in [4.69, 9.17) is 0 Å². The minimum Gasteiger partial charge on any atom is -0.504 e. The summed E-state index contributed by atoms with van der Waals surface area (Å²) >= 11 is 0. The zero-order valence-corrected chi connectivity index (χ0v) is 13.5. The standard InChI is InChI=1S/C18H18FN3O3/c19-15-9-12(8-13(11-23)17(15)24)18(25)21-14-4-5-16(20-10-14)22-6-2-1-3-7-22/h4-5,8-11,24H,1-3,6-7H2,(H,21,25). The summed E-state index contributed by atoms with van der Waals surface area (Å²) in [6.07, 6.45) is 5.36. The number of amides is 1. The van der Waals surface area contributed by atoms with Gasteiger partial charge in [0.15, 0.2) is 17.9 Å². The number of carbonyl (C=O) groups is 2. The van der Waals surface area contributed by atoms with Crippen LogP contribution in [0.15, 0.2) is 30.5 Å². The van der Waals surface area contributed by atoms with Gasteiger partial charge in [0.2, 0.25) is 0 Å². The van der Waals surface area contributed by atoms with Crippen LogP contribution in [0.4, 0.5) is 15.9 Å². The molecule has 1 fully saturated rings. The fraction of sp³-hybridized carbons (Fsp3) is 0.278. The number of pyridine rings is 1. The van der Waals surface area contributed by atoms with Crippen molar-refractivity contribution in [2.75, 3.05) is 23.3 Å². The fourth-order valence-electron chi connectivity index (χ4n) is 2.81. The molecule has 6 nitrogen and oxygen atoms in total. The van der Waals surface area contributed by atoms with Crippen LogP contribution in [0.3, 0.4) is 0 Å². The number of rotatable bonds is 4. The maximum Gasteiger partial charge on any atom is 0.255 e. The highest BCUT2D eigenvalue weighted by Gasteiger charge is 2.15. The van der Waals surface area contributed by atoms with Crippen LogP contribution in [0, 0.1) is 5.82 Å². The summed E-state index contributed by atoms with van der Waals surface area (Å²) in [6, 6.07) is 5.57. The lowest BCUT2D eigenvalue weighted by molar-refractivity contribution is 0.102. The Kier molecular flexibility index (Phi) is 4.92. The number of carbonyl (C=O) groups excluding carboxylic acids is 2. The first-order valence-electron chi connectivity index (χ1n) is 8.08. The van der Waals surface area contributed by atoms with Gasteiger partial charge in [0.1, 0.15) is 5.82 Å². The zero-order chi connectivity index (χ0) is 17.8. The average molecular weight is 343 g/mol. The highest BCUT2D eigenvalue weighted by atomic mass is 19.1. The molecule has 0 unspecified atom stereocenters. The Labute approximate surface area is 144 Å². The summed E-state index contributed by atoms with van der Waals surface area (Å²) < 4.78 is 13.6. The number of aromatic nitrogens is 1. The predicted octanol–water partition coefficient (Wildman–Crippen LogP) is 2.98. The molecule has 0 atom stereocenters. The molecule has 2 aromatic rings. The number of nitrogens with zero attached hydrogens (tertiary/aromatic N) is 2. The first-order chi connectivity index (χ1) is 12.1. The smallest absolute Gasteiger partial charge is 0.255 e. The molecule has 0 spiro atoms. The molecule has 0 aliphatic carbocycles. The Morgan fingerprint density at radius 1 is 1.24 bits per heavy atom. The van der Waals surface area contributed by atoms with Gasteiger partial charge in [-0.2, -0.15) is 0 Å². The number of anilines is 2. The third-order valence-corrected chi connectivity index (χ3v) is 4.17. The van der Waals surface area contributed by atoms with Crippen molar-refractivity contribution in [2.45, 2.75) is 19.3 Å². The van der Waals surface area contributed by atoms with E-state index in [1.807, 2.05) is 6.07 Å². The highest BCUT2D eigenvalue weighted by molar-refractivity contribution is 6.05. The minimum absolute atomic E-state index is 0.0579. The molecule has 1 aromatic heterocycles. The van der Waals surface area contributed by atoms with Crippen molar-refractivity contribution in [1.29, 1.82) is 0 Å². The Morgan fingerprint density at radius 3 is 2.64 bits per heavy atom. The lowest BCUT2D eigenvalue weighted by Gasteiger charge is -2.27. The number of aromatic hydroxyl groups is 1. The van der Waals surface area contributed by atoms with E-state index in [9.17, 15) is 19.1 Å². The molecule has 3 rings (SSSR count). The third-order valence-electron chi connectivity index (χ3n) is 4.17. The van der Waals surface area contributed by atoms with E-state index in [1.54, 1.807) is 12.3 Å². The maximum atomic E-state index is 13.6. The number of phenols is 1. The monoisotopic (exact) mass is 343 g/mol. The molecule has 1 aliphatic rings. The quantitative estimate of drug-likeness (QED) is 0.834. The number of aldehydes is 1. The van der Waals surface area contributed by atoms with Gasteiger partial charge in [-0.3, -0.25) is 9.59 Å². The molecule has 0 saturated carbocycles. The molecule has 0 radical (unpaired) electrons. The van der Waals surface area contributed by atoms with Crippen LogP contribution < -0.4 is 10.2 Å². The fourth-order valence-corrected chi connectivity index (χ4v) is 2.81. The van der Waals surface area contributed by atoms with Crippen LogP contribution in [-0.2, 0) is 0 Å². The summed E-state index contributed by atoms with van der Waals surface area (Å²) in [6.45, 7) is 1.94. The van der Waals surface area contributed by atoms with Crippen LogP contribution >= 0.6 is 0 Å². The van der Waals surface area contributed by atoms with Crippen LogP contribution in [-0.4, -0.2) is 35.4 Å². The first-order valence-corrected chi connectivity index (χ1v) is 8.08. The molecule has 25 heavy (non-hydrogen) atoms. The van der Waals surface area contributed by atoms with Crippen molar-refractivity contribution < 1.29 is 19.1 Å². The van der Waals surface area contributed by atoms with Crippen LogP contribution in [0.25, 0.3) is 0 Å². The normalized spacial score (nSPS) is 14.2. The van der Waals surface area contributed by atoms with Crippen molar-refractivity contribution >= 4 is 23.7 Å². The number of hydrogen-bond donors (Lipinski definition) is 2. The van der Waals surface area contributed by atoms with Crippen LogP contribution in [0.2, 0.25) is 0 Å². The second kappa shape index (κ2) is 7.29. The van der Waals surface area contributed by atoms with Gasteiger partial charge in [0, 0.05) is 18.7 Å². The second-order valence-corrected chi connectivity index (χ2v) is 5.92. The molecular weight excluding hydrogens is 325 g/mol. The lowest BCUT2D eigenvalue weighted by Crippen LogP contribution is -2.30. The van der Waals surface area contributed by atoms with Gasteiger partial charge in [-0.1, -0.05) is 0 Å². The summed E-state index contributed by atoms with van der Waals surface area (Å²) in [5.41, 5.74) is 0.133. The van der Waals surface area contributed by atoms with Gasteiger partial charge >= 0.3 is 0 Å². The average Bonchev–Trinajstić information content (AvgIpc) is 2.65. The predicted molar refractivity (Wildman–Crippen MR) is 91.7 cm³/mol. The van der Waals surface area contributed by atoms with Gasteiger partial charge in [-0.25, -0.2) is 9.37 Å². The minimum atomic E-state index is -1.02. The molecule has 7 heteroatoms. The number of nitrogens with one attached hydrogen (secondary N) is 1. The second-order valence-electron chi connectivity index (χ2n) is 5.92. The maximum absolute atomic E-state index is 13.6. The summed E-state index contributed by atoms with van der Waals surface area (Å²) in [5.74, 6) is -1.52. The third kappa shape index (κ3) is 3.76. The Balaban J connectivity index is 1.72. The van der Waals surface area contributed by atoms with Crippen molar-refractivity contribution in [3.8, 4) is 5.75 Å². The highest BCUT2D eigenvalue weighted by Crippen LogP contribution is 2.23. The van der Waals surface area contributed by atoms with Gasteiger partial charge < -0.3 is 15.3 Å². The number of hydrogen-bond acceptors (Lipinski definition) is 5. The van der Waals surface area contributed by atoms with Gasteiger partial charge in [0.25, 0.3) is 5.91 Å². The molecule has 1 saturated heterocycles. The van der Waals surface area contributed by atoms with Crippen LogP contribution in [0.5, 0.6) is 5.75 Å². The van der Waals surface area contributed by atoms with E-state index in [1.165, 1.54) is 6.42 Å². The number of halogens is 1. The Hall–Kier alpha value is -2.96. The lowest BCUT2D eigenvalue weighted by atomic mass is 10.1. The van der Waals surface area contributed by atoms with Gasteiger partial charge in [-0.15, -0.1) is 0 Å². The van der Waals surface area contributed by atoms with E-state index in [2.05, 4.69) is 15.2 Å². The van der Waals surface area contributed by atoms with Gasteiger partial charge in [0.05, 0.1) is 17.4 Å². The zero-order valence-electron chi connectivity index (χ0n) is 13.5. The molecule has 130 valence electrons. The van der Waals surface area contributed by atoms with Crippen molar-refractivity contribution in [2.24, 2.45) is 0 Å². The van der Waals surface area contributed by atoms with E-state index in [0.29, 0.717) is 12.0 Å². The van der Waals surface area contributed by atoms with E-state index < -0.39 is 17.5 Å². The van der Waals surface area contributed by atoms with Gasteiger partial charge in [-0.05, 0) is 43.5 Å². The van der Waals surface area contributed by atoms with Crippen molar-refractivity contribution in [3.63, 3.8) is 0 Å². The van der Waals surface area contributed by atoms with E-state index in [0.717, 1.165) is 43.9 Å². The first kappa shape index (κ1) is 16.9. The number of piperidine rings is 1. The number of phenolic OH excluding ortho intramolecular Hbond substituents is 1. The van der Waals surface area contributed by atoms with E-state index in [-0.39, 0.29) is 11.1 Å². The molecule has 1 aromatic carbocycles. The Morgan fingerprint density at radius 2 is 2.00 bits per heavy atom. The largest absolute Gasteiger partial charge is 0.504 e. The molecular formula is C18H18FN3O3.